The monoisotopic (exact) mass is 713 g/mol. The van der Waals surface area contributed by atoms with E-state index in [1.165, 1.54) is 44.4 Å². The lowest BCUT2D eigenvalue weighted by Crippen LogP contribution is -2.32. The molecule has 6 aromatic rings. The Labute approximate surface area is 292 Å². The van der Waals surface area contributed by atoms with Crippen LogP contribution in [0.15, 0.2) is 77.2 Å². The second-order valence-electron chi connectivity index (χ2n) is 13.3. The third-order valence-electron chi connectivity index (χ3n) is 10.0. The van der Waals surface area contributed by atoms with Gasteiger partial charge in [0.2, 0.25) is 10.0 Å². The molecule has 0 aliphatic carbocycles. The average molecular weight is 714 g/mol. The highest BCUT2D eigenvalue weighted by Crippen LogP contribution is 2.44. The number of amides is 1. The van der Waals surface area contributed by atoms with Gasteiger partial charge in [0.15, 0.2) is 0 Å². The molecule has 9 nitrogen and oxygen atoms in total. The number of nitrogens with zero attached hydrogens (tertiary/aromatic N) is 4. The molecule has 1 N–H and O–H groups in total. The van der Waals surface area contributed by atoms with E-state index in [9.17, 15) is 22.0 Å². The molecule has 8 rings (SSSR count). The first kappa shape index (κ1) is 33.0. The first-order chi connectivity index (χ1) is 24.4. The number of pyridine rings is 1. The fraction of sp³-hybridized carbons (Fsp3) is 0.263. The fourth-order valence-corrected chi connectivity index (χ4v) is 8.00. The molecule has 3 aromatic carbocycles. The van der Waals surface area contributed by atoms with Crippen LogP contribution in [0.3, 0.4) is 0 Å². The smallest absolute Gasteiger partial charge is 0.255 e. The molecule has 5 heterocycles. The van der Waals surface area contributed by atoms with Crippen LogP contribution in [0.2, 0.25) is 0 Å². The third kappa shape index (κ3) is 5.64. The maximum Gasteiger partial charge on any atom is 0.255 e. The number of furan rings is 1. The third-order valence-corrected chi connectivity index (χ3v) is 11.2. The van der Waals surface area contributed by atoms with Crippen LogP contribution >= 0.6 is 0 Å². The van der Waals surface area contributed by atoms with Crippen molar-refractivity contribution >= 4 is 43.5 Å². The van der Waals surface area contributed by atoms with Crippen molar-refractivity contribution in [2.75, 3.05) is 44.3 Å². The van der Waals surface area contributed by atoms with E-state index in [-0.39, 0.29) is 34.5 Å². The first-order valence-corrected chi connectivity index (χ1v) is 18.4. The Morgan fingerprint density at radius 1 is 1.06 bits per heavy atom. The summed E-state index contributed by atoms with van der Waals surface area (Å²) in [7, 11) is -0.869. The lowest BCUT2D eigenvalue weighted by molar-refractivity contribution is 0.0964. The molecular weight excluding hydrogens is 680 g/mol. The van der Waals surface area contributed by atoms with Crippen LogP contribution in [0, 0.1) is 11.6 Å². The predicted molar refractivity (Wildman–Crippen MR) is 191 cm³/mol. The molecule has 262 valence electrons. The van der Waals surface area contributed by atoms with E-state index in [1.54, 1.807) is 24.3 Å². The van der Waals surface area contributed by atoms with Gasteiger partial charge in [-0.25, -0.2) is 26.6 Å². The lowest BCUT2D eigenvalue weighted by Gasteiger charge is -2.32. The van der Waals surface area contributed by atoms with Crippen LogP contribution in [-0.4, -0.2) is 74.9 Å². The van der Waals surface area contributed by atoms with Gasteiger partial charge in [0.1, 0.15) is 29.1 Å². The quantitative estimate of drug-likeness (QED) is 0.192. The van der Waals surface area contributed by atoms with Crippen molar-refractivity contribution < 1.29 is 30.8 Å². The van der Waals surface area contributed by atoms with E-state index < -0.39 is 27.9 Å². The number of carbonyl (C=O) groups excluding carboxylic acids is 1. The Kier molecular flexibility index (Phi) is 7.95. The number of nitrogens with one attached hydrogen (secondary N) is 1. The molecule has 2 aliphatic heterocycles. The average Bonchev–Trinajstić information content (AvgIpc) is 3.82. The Hall–Kier alpha value is -5.14. The number of likely N-dealkylation sites (tertiary alicyclic amines) is 1. The first-order valence-electron chi connectivity index (χ1n) is 16.6. The molecule has 0 radical (unpaired) electrons. The van der Waals surface area contributed by atoms with Crippen molar-refractivity contribution in [3.05, 3.63) is 95.6 Å². The molecule has 1 amide bonds. The molecule has 0 saturated carbocycles. The van der Waals surface area contributed by atoms with Gasteiger partial charge in [0, 0.05) is 61.7 Å². The van der Waals surface area contributed by atoms with E-state index in [4.69, 9.17) is 9.40 Å². The highest BCUT2D eigenvalue weighted by atomic mass is 32.2. The van der Waals surface area contributed by atoms with E-state index in [1.807, 2.05) is 18.2 Å². The molecule has 1 saturated heterocycles. The number of fused-ring (bicyclic) bond motifs is 6. The Morgan fingerprint density at radius 2 is 1.84 bits per heavy atom. The molecule has 0 spiro atoms. The number of alkyl halides is 1. The zero-order valence-corrected chi connectivity index (χ0v) is 28.9. The van der Waals surface area contributed by atoms with Crippen LogP contribution in [0.5, 0.6) is 0 Å². The highest BCUT2D eigenvalue weighted by molar-refractivity contribution is 7.92. The van der Waals surface area contributed by atoms with Gasteiger partial charge < -0.3 is 14.3 Å². The number of carbonyl (C=O) groups is 1. The molecule has 1 fully saturated rings. The molecular formula is C38H34F3N5O4S. The fourth-order valence-electron chi connectivity index (χ4n) is 7.49. The molecule has 3 aromatic heterocycles. The number of hydrogen-bond donors (Lipinski definition) is 1. The van der Waals surface area contributed by atoms with Crippen LogP contribution in [0.4, 0.5) is 18.9 Å². The standard InChI is InChI=1S/C38H34F3N5O4S/c1-42-38(47)35-28-16-27(32(44(2)51(3,48)49)18-34(28)50-37(35)21-7-10-23(39)11-8-21)30-12-9-22-15-25(20-45-14-13-24(40)19-45)46-31-6-4-5-29(41)26(31)17-33(46)36(22)43-30/h4-12,16-18,24-25H,13-15,19-20H2,1-3H3,(H,42,47). The van der Waals surface area contributed by atoms with Crippen molar-refractivity contribution in [3.63, 3.8) is 0 Å². The number of aromatic nitrogens is 2. The van der Waals surface area contributed by atoms with Crippen molar-refractivity contribution in [3.8, 4) is 34.0 Å². The normalized spacial score (nSPS) is 17.5. The molecule has 51 heavy (non-hydrogen) atoms. The van der Waals surface area contributed by atoms with Crippen molar-refractivity contribution in [1.82, 2.24) is 19.8 Å². The van der Waals surface area contributed by atoms with Crippen LogP contribution in [0.1, 0.15) is 28.4 Å². The predicted octanol–water partition coefficient (Wildman–Crippen LogP) is 6.96. The van der Waals surface area contributed by atoms with Crippen molar-refractivity contribution in [2.24, 2.45) is 0 Å². The molecule has 2 aliphatic rings. The second-order valence-corrected chi connectivity index (χ2v) is 15.3. The highest BCUT2D eigenvalue weighted by Gasteiger charge is 2.33. The van der Waals surface area contributed by atoms with Gasteiger partial charge >= 0.3 is 0 Å². The van der Waals surface area contributed by atoms with Crippen molar-refractivity contribution in [1.29, 1.82) is 0 Å². The van der Waals surface area contributed by atoms with E-state index in [2.05, 4.69) is 14.8 Å². The Morgan fingerprint density at radius 3 is 2.55 bits per heavy atom. The Balaban J connectivity index is 1.33. The largest absolute Gasteiger partial charge is 0.455 e. The minimum Gasteiger partial charge on any atom is -0.455 e. The Bertz CT molecular complexity index is 2480. The van der Waals surface area contributed by atoms with Gasteiger partial charge in [-0.15, -0.1) is 0 Å². The van der Waals surface area contributed by atoms with E-state index >= 15 is 4.39 Å². The summed E-state index contributed by atoms with van der Waals surface area (Å²) in [5, 5.41) is 3.50. The maximum absolute atomic E-state index is 15.2. The van der Waals surface area contributed by atoms with Crippen molar-refractivity contribution in [2.45, 2.75) is 25.1 Å². The van der Waals surface area contributed by atoms with Gasteiger partial charge in [-0.2, -0.15) is 0 Å². The number of anilines is 1. The summed E-state index contributed by atoms with van der Waals surface area (Å²) in [6, 6.07) is 19.2. The van der Waals surface area contributed by atoms with Gasteiger partial charge in [-0.1, -0.05) is 12.1 Å². The summed E-state index contributed by atoms with van der Waals surface area (Å²) < 4.78 is 78.6. The number of halogens is 3. The number of rotatable bonds is 7. The lowest BCUT2D eigenvalue weighted by atomic mass is 9.95. The number of sulfonamides is 1. The summed E-state index contributed by atoms with van der Waals surface area (Å²) in [4.78, 5) is 20.6. The minimum absolute atomic E-state index is 0.0982. The number of hydrogen-bond acceptors (Lipinski definition) is 6. The van der Waals surface area contributed by atoms with Crippen LogP contribution < -0.4 is 9.62 Å². The maximum atomic E-state index is 15.2. The summed E-state index contributed by atoms with van der Waals surface area (Å²) in [6.07, 6.45) is 1.27. The van der Waals surface area contributed by atoms with Gasteiger partial charge in [0.25, 0.3) is 5.91 Å². The number of benzene rings is 3. The summed E-state index contributed by atoms with van der Waals surface area (Å²) in [6.45, 7) is 1.60. The van der Waals surface area contributed by atoms with E-state index in [0.717, 1.165) is 16.1 Å². The zero-order chi connectivity index (χ0) is 35.8. The minimum atomic E-state index is -3.78. The van der Waals surface area contributed by atoms with Gasteiger partial charge in [-0.3, -0.25) is 14.0 Å². The van der Waals surface area contributed by atoms with Gasteiger partial charge in [0.05, 0.1) is 46.1 Å². The molecule has 2 atom stereocenters. The summed E-state index contributed by atoms with van der Waals surface area (Å²) >= 11 is 0. The molecule has 2 unspecified atom stereocenters. The zero-order valence-electron chi connectivity index (χ0n) is 28.1. The molecule has 13 heteroatoms. The van der Waals surface area contributed by atoms with Crippen LogP contribution in [-0.2, 0) is 16.4 Å². The van der Waals surface area contributed by atoms with Gasteiger partial charge in [-0.05, 0) is 73.0 Å². The summed E-state index contributed by atoms with van der Waals surface area (Å²) in [5.74, 6) is -1.07. The summed E-state index contributed by atoms with van der Waals surface area (Å²) in [5.41, 5.74) is 4.94. The second kappa shape index (κ2) is 12.3. The SMILES string of the molecule is CNC(=O)c1c(-c2ccc(F)cc2)oc2cc(N(C)S(C)(=O)=O)c(-c3ccc4c(n3)-c3cc5c(F)cccc5n3C(CN3CCC(F)C3)C4)cc12. The molecule has 0 bridgehead atoms. The van der Waals surface area contributed by atoms with E-state index in [0.29, 0.717) is 77.0 Å². The topological polar surface area (TPSA) is 101 Å². The van der Waals surface area contributed by atoms with Crippen LogP contribution in [0.25, 0.3) is 55.8 Å².